The van der Waals surface area contributed by atoms with Gasteiger partial charge in [0.1, 0.15) is 5.65 Å². The maximum absolute atomic E-state index is 12.2. The van der Waals surface area contributed by atoms with E-state index in [9.17, 15) is 9.59 Å². The third-order valence-electron chi connectivity index (χ3n) is 4.30. The van der Waals surface area contributed by atoms with Crippen molar-refractivity contribution in [3.05, 3.63) is 58.2 Å². The second-order valence-electron chi connectivity index (χ2n) is 5.96. The zero-order valence-electron chi connectivity index (χ0n) is 13.3. The molecule has 25 heavy (non-hydrogen) atoms. The van der Waals surface area contributed by atoms with E-state index in [-0.39, 0.29) is 17.4 Å². The molecule has 0 aromatic carbocycles. The molecule has 9 nitrogen and oxygen atoms in total. The minimum absolute atomic E-state index is 0.114. The van der Waals surface area contributed by atoms with E-state index in [4.69, 9.17) is 10.3 Å². The van der Waals surface area contributed by atoms with Crippen LogP contribution in [0, 0.1) is 0 Å². The first-order chi connectivity index (χ1) is 12.1. The lowest BCUT2D eigenvalue weighted by Gasteiger charge is -2.20. The van der Waals surface area contributed by atoms with E-state index in [0.717, 1.165) is 19.4 Å². The molecule has 128 valence electrons. The Kier molecular flexibility index (Phi) is 3.77. The highest BCUT2D eigenvalue weighted by molar-refractivity contribution is 5.88. The first-order valence-corrected chi connectivity index (χ1v) is 7.96. The first kappa shape index (κ1) is 15.5. The lowest BCUT2D eigenvalue weighted by molar-refractivity contribution is 0.0987. The second-order valence-corrected chi connectivity index (χ2v) is 5.96. The van der Waals surface area contributed by atoms with Crippen LogP contribution in [0.1, 0.15) is 41.1 Å². The minimum atomic E-state index is -0.719. The van der Waals surface area contributed by atoms with Gasteiger partial charge in [0.25, 0.3) is 17.3 Å². The van der Waals surface area contributed by atoms with Gasteiger partial charge in [0.15, 0.2) is 0 Å². The molecule has 1 amide bonds. The number of aromatic nitrogens is 4. The van der Waals surface area contributed by atoms with Crippen molar-refractivity contribution < 1.29 is 9.32 Å². The number of hydrogen-bond acceptors (Lipinski definition) is 7. The molecule has 0 radical (unpaired) electrons. The van der Waals surface area contributed by atoms with Crippen LogP contribution in [-0.2, 0) is 6.54 Å². The highest BCUT2D eigenvalue weighted by Gasteiger charge is 2.31. The Labute approximate surface area is 142 Å². The molecule has 4 rings (SSSR count). The average Bonchev–Trinajstić information content (AvgIpc) is 3.24. The van der Waals surface area contributed by atoms with Gasteiger partial charge in [0.05, 0.1) is 11.7 Å². The molecule has 9 heteroatoms. The molecule has 1 aliphatic rings. The van der Waals surface area contributed by atoms with Crippen LogP contribution in [0.3, 0.4) is 0 Å². The Balaban J connectivity index is 1.61. The normalized spacial score (nSPS) is 18.0. The number of pyridine rings is 1. The van der Waals surface area contributed by atoms with E-state index in [1.165, 1.54) is 10.5 Å². The molecule has 2 N–H and O–H groups in total. The minimum Gasteiger partial charge on any atom is -0.363 e. The van der Waals surface area contributed by atoms with Crippen molar-refractivity contribution in [2.45, 2.75) is 25.4 Å². The van der Waals surface area contributed by atoms with Crippen molar-refractivity contribution in [3.8, 4) is 0 Å². The summed E-state index contributed by atoms with van der Waals surface area (Å²) in [6.45, 7) is 1.30. The quantitative estimate of drug-likeness (QED) is 0.735. The summed E-state index contributed by atoms with van der Waals surface area (Å²) in [5.74, 6) is -0.475. The molecular weight excluding hydrogens is 324 g/mol. The molecule has 1 atom stereocenters. The van der Waals surface area contributed by atoms with Gasteiger partial charge in [0, 0.05) is 18.8 Å². The maximum Gasteiger partial charge on any atom is 0.290 e. The van der Waals surface area contributed by atoms with Crippen molar-refractivity contribution in [3.63, 3.8) is 0 Å². The molecule has 1 saturated heterocycles. The Morgan fingerprint density at radius 1 is 1.36 bits per heavy atom. The summed E-state index contributed by atoms with van der Waals surface area (Å²) in [4.78, 5) is 34.1. The third kappa shape index (κ3) is 2.89. The first-order valence-electron chi connectivity index (χ1n) is 7.96. The fraction of sp³-hybridized carbons (Fsp3) is 0.312. The molecule has 0 bridgehead atoms. The SMILES string of the molecule is NC(=O)c1noc(C2CCCN2Cc2cc(=O)n3ccccc3n2)n1. The number of carbonyl (C=O) groups is 1. The number of rotatable bonds is 4. The molecule has 1 aliphatic heterocycles. The van der Waals surface area contributed by atoms with Gasteiger partial charge in [-0.15, -0.1) is 0 Å². The van der Waals surface area contributed by atoms with Crippen LogP contribution in [0.5, 0.6) is 0 Å². The second kappa shape index (κ2) is 6.10. The lowest BCUT2D eigenvalue weighted by atomic mass is 10.2. The van der Waals surface area contributed by atoms with Crippen LogP contribution < -0.4 is 11.3 Å². The van der Waals surface area contributed by atoms with Gasteiger partial charge < -0.3 is 10.3 Å². The van der Waals surface area contributed by atoms with Crippen molar-refractivity contribution in [2.24, 2.45) is 5.73 Å². The Morgan fingerprint density at radius 2 is 2.24 bits per heavy atom. The van der Waals surface area contributed by atoms with Crippen LogP contribution in [0.15, 0.2) is 39.8 Å². The summed E-state index contributed by atoms with van der Waals surface area (Å²) in [5.41, 5.74) is 6.33. The summed E-state index contributed by atoms with van der Waals surface area (Å²) < 4.78 is 6.68. The highest BCUT2D eigenvalue weighted by Crippen LogP contribution is 2.31. The monoisotopic (exact) mass is 340 g/mol. The Bertz CT molecular complexity index is 995. The summed E-state index contributed by atoms with van der Waals surface area (Å²) in [5, 5.41) is 3.60. The topological polar surface area (TPSA) is 120 Å². The molecule has 4 heterocycles. The van der Waals surface area contributed by atoms with Gasteiger partial charge in [-0.05, 0) is 31.5 Å². The molecule has 1 fully saturated rings. The zero-order chi connectivity index (χ0) is 17.4. The van der Waals surface area contributed by atoms with Gasteiger partial charge in [-0.2, -0.15) is 4.98 Å². The van der Waals surface area contributed by atoms with E-state index >= 15 is 0 Å². The number of amides is 1. The van der Waals surface area contributed by atoms with Gasteiger partial charge in [-0.3, -0.25) is 18.9 Å². The average molecular weight is 340 g/mol. The number of nitrogens with two attached hydrogens (primary N) is 1. The van der Waals surface area contributed by atoms with Crippen LogP contribution in [0.2, 0.25) is 0 Å². The van der Waals surface area contributed by atoms with Crippen LogP contribution in [-0.4, -0.2) is 36.9 Å². The summed E-state index contributed by atoms with van der Waals surface area (Å²) in [6.07, 6.45) is 3.47. The number of fused-ring (bicyclic) bond motifs is 1. The predicted molar refractivity (Wildman–Crippen MR) is 86.7 cm³/mol. The van der Waals surface area contributed by atoms with Crippen LogP contribution in [0.25, 0.3) is 5.65 Å². The number of carbonyl (C=O) groups excluding carboxylic acids is 1. The van der Waals surface area contributed by atoms with Gasteiger partial charge in [-0.25, -0.2) is 4.98 Å². The number of hydrogen-bond donors (Lipinski definition) is 1. The van der Waals surface area contributed by atoms with Crippen molar-refractivity contribution in [1.29, 1.82) is 0 Å². The standard InChI is InChI=1S/C16H16N6O3/c17-14(24)15-19-16(25-20-15)11-4-3-6-21(11)9-10-8-13(23)22-7-2-1-5-12(22)18-10/h1-2,5,7-8,11H,3-4,6,9H2,(H2,17,24). The summed E-state index contributed by atoms with van der Waals surface area (Å²) in [6, 6.07) is 6.84. The van der Waals surface area contributed by atoms with Gasteiger partial charge in [-0.1, -0.05) is 11.2 Å². The van der Waals surface area contributed by atoms with Crippen LogP contribution >= 0.6 is 0 Å². The Morgan fingerprint density at radius 3 is 3.04 bits per heavy atom. The molecule has 1 unspecified atom stereocenters. The fourth-order valence-electron chi connectivity index (χ4n) is 3.16. The summed E-state index contributed by atoms with van der Waals surface area (Å²) in [7, 11) is 0. The largest absolute Gasteiger partial charge is 0.363 e. The van der Waals surface area contributed by atoms with Crippen molar-refractivity contribution in [1.82, 2.24) is 24.4 Å². The Hall–Kier alpha value is -3.07. The highest BCUT2D eigenvalue weighted by atomic mass is 16.5. The van der Waals surface area contributed by atoms with E-state index in [0.29, 0.717) is 23.8 Å². The molecule has 0 spiro atoms. The van der Waals surface area contributed by atoms with E-state index in [1.54, 1.807) is 18.3 Å². The van der Waals surface area contributed by atoms with Crippen molar-refractivity contribution in [2.75, 3.05) is 6.54 Å². The van der Waals surface area contributed by atoms with E-state index < -0.39 is 5.91 Å². The van der Waals surface area contributed by atoms with Gasteiger partial charge >= 0.3 is 0 Å². The smallest absolute Gasteiger partial charge is 0.290 e. The maximum atomic E-state index is 12.2. The predicted octanol–water partition coefficient (Wildman–Crippen LogP) is 0.513. The molecule has 0 aliphatic carbocycles. The van der Waals surface area contributed by atoms with E-state index in [1.807, 2.05) is 6.07 Å². The van der Waals surface area contributed by atoms with E-state index in [2.05, 4.69) is 20.0 Å². The van der Waals surface area contributed by atoms with Gasteiger partial charge in [0.2, 0.25) is 5.89 Å². The number of primary amides is 1. The van der Waals surface area contributed by atoms with Crippen LogP contribution in [0.4, 0.5) is 0 Å². The molecule has 0 saturated carbocycles. The molecular formula is C16H16N6O3. The lowest BCUT2D eigenvalue weighted by Crippen LogP contribution is -2.25. The third-order valence-corrected chi connectivity index (χ3v) is 4.30. The number of nitrogens with zero attached hydrogens (tertiary/aromatic N) is 5. The fourth-order valence-corrected chi connectivity index (χ4v) is 3.16. The summed E-state index contributed by atoms with van der Waals surface area (Å²) >= 11 is 0. The zero-order valence-corrected chi connectivity index (χ0v) is 13.3. The van der Waals surface area contributed by atoms with Crippen molar-refractivity contribution >= 4 is 11.6 Å². The molecule has 3 aromatic rings. The number of likely N-dealkylation sites (tertiary alicyclic amines) is 1. The molecule has 3 aromatic heterocycles.